The Kier molecular flexibility index (Phi) is 3.76. The third kappa shape index (κ3) is 2.76. The fourth-order valence-corrected chi connectivity index (χ4v) is 1.47. The molecule has 1 aromatic carbocycles. The standard InChI is InChI=1S/C13H11N3O2/c14-16-9-11-3-1-2-4-12(11)18-13(17)10-5-7-15-8-6-10/h1-8,14H,9H2. The number of esters is 1. The predicted octanol–water partition coefficient (Wildman–Crippen LogP) is 2.83. The lowest BCUT2D eigenvalue weighted by atomic mass is 10.2. The number of benzene rings is 1. The fraction of sp³-hybridized carbons (Fsp3) is 0.0769. The number of para-hydroxylation sites is 1. The van der Waals surface area contributed by atoms with Crippen molar-refractivity contribution in [3.63, 3.8) is 0 Å². The van der Waals surface area contributed by atoms with Crippen LogP contribution in [0.4, 0.5) is 0 Å². The molecule has 0 amide bonds. The first kappa shape index (κ1) is 11.9. The summed E-state index contributed by atoms with van der Waals surface area (Å²) in [5.41, 5.74) is 8.00. The summed E-state index contributed by atoms with van der Waals surface area (Å²) in [5.74, 6) is -0.0230. The second-order valence-corrected chi connectivity index (χ2v) is 3.55. The lowest BCUT2D eigenvalue weighted by molar-refractivity contribution is 0.0733. The molecule has 0 saturated heterocycles. The molecule has 1 heterocycles. The predicted molar refractivity (Wildman–Crippen MR) is 64.5 cm³/mol. The van der Waals surface area contributed by atoms with Crippen LogP contribution in [0.5, 0.6) is 5.75 Å². The SMILES string of the molecule is N=NCc1ccccc1OC(=O)c1ccncc1. The number of pyridine rings is 1. The zero-order valence-corrected chi connectivity index (χ0v) is 9.54. The van der Waals surface area contributed by atoms with Crippen molar-refractivity contribution < 1.29 is 9.53 Å². The molecule has 5 heteroatoms. The number of nitrogens with one attached hydrogen (secondary N) is 1. The van der Waals surface area contributed by atoms with Crippen molar-refractivity contribution in [1.29, 1.82) is 5.53 Å². The lowest BCUT2D eigenvalue weighted by Crippen LogP contribution is -2.09. The number of nitrogens with zero attached hydrogens (tertiary/aromatic N) is 2. The molecule has 0 aliphatic heterocycles. The average molecular weight is 241 g/mol. The van der Waals surface area contributed by atoms with E-state index in [1.54, 1.807) is 30.3 Å². The monoisotopic (exact) mass is 241 g/mol. The van der Waals surface area contributed by atoms with Crippen LogP contribution in [0, 0.1) is 5.53 Å². The molecular weight excluding hydrogens is 230 g/mol. The van der Waals surface area contributed by atoms with E-state index in [9.17, 15) is 4.79 Å². The second-order valence-electron chi connectivity index (χ2n) is 3.55. The van der Waals surface area contributed by atoms with Crippen molar-refractivity contribution in [3.05, 3.63) is 59.9 Å². The van der Waals surface area contributed by atoms with Gasteiger partial charge in [0.05, 0.1) is 12.1 Å². The zero-order chi connectivity index (χ0) is 12.8. The van der Waals surface area contributed by atoms with E-state index in [-0.39, 0.29) is 6.54 Å². The quantitative estimate of drug-likeness (QED) is 0.508. The van der Waals surface area contributed by atoms with Gasteiger partial charge in [0.1, 0.15) is 5.75 Å². The molecule has 2 rings (SSSR count). The highest BCUT2D eigenvalue weighted by molar-refractivity contribution is 5.90. The van der Waals surface area contributed by atoms with Crippen LogP contribution in [0.3, 0.4) is 0 Å². The topological polar surface area (TPSA) is 75.4 Å². The van der Waals surface area contributed by atoms with Crippen molar-refractivity contribution in [2.45, 2.75) is 6.54 Å². The molecule has 90 valence electrons. The van der Waals surface area contributed by atoms with Gasteiger partial charge in [-0.15, -0.1) is 0 Å². The maximum Gasteiger partial charge on any atom is 0.343 e. The van der Waals surface area contributed by atoms with Gasteiger partial charge in [0, 0.05) is 18.0 Å². The van der Waals surface area contributed by atoms with Crippen LogP contribution in [-0.4, -0.2) is 11.0 Å². The lowest BCUT2D eigenvalue weighted by Gasteiger charge is -2.07. The molecule has 5 nitrogen and oxygen atoms in total. The van der Waals surface area contributed by atoms with E-state index < -0.39 is 5.97 Å². The molecular formula is C13H11N3O2. The van der Waals surface area contributed by atoms with E-state index >= 15 is 0 Å². The minimum absolute atomic E-state index is 0.194. The number of carbonyl (C=O) groups is 1. The zero-order valence-electron chi connectivity index (χ0n) is 9.54. The molecule has 0 spiro atoms. The number of hydrogen-bond acceptors (Lipinski definition) is 5. The summed E-state index contributed by atoms with van der Waals surface area (Å²) in [4.78, 5) is 15.7. The molecule has 0 unspecified atom stereocenters. The van der Waals surface area contributed by atoms with Gasteiger partial charge >= 0.3 is 5.97 Å². The Morgan fingerprint density at radius 3 is 2.67 bits per heavy atom. The first-order valence-electron chi connectivity index (χ1n) is 5.34. The van der Waals surface area contributed by atoms with Gasteiger partial charge in [-0.1, -0.05) is 18.2 Å². The maximum absolute atomic E-state index is 11.8. The van der Waals surface area contributed by atoms with Crippen LogP contribution in [0.15, 0.2) is 53.9 Å². The van der Waals surface area contributed by atoms with Gasteiger partial charge in [-0.2, -0.15) is 5.11 Å². The Morgan fingerprint density at radius 1 is 1.22 bits per heavy atom. The first-order valence-corrected chi connectivity index (χ1v) is 5.34. The Morgan fingerprint density at radius 2 is 1.94 bits per heavy atom. The molecule has 0 radical (unpaired) electrons. The molecule has 18 heavy (non-hydrogen) atoms. The van der Waals surface area contributed by atoms with Crippen molar-refractivity contribution in [1.82, 2.24) is 4.98 Å². The van der Waals surface area contributed by atoms with Crippen molar-refractivity contribution in [3.8, 4) is 5.75 Å². The van der Waals surface area contributed by atoms with E-state index in [1.807, 2.05) is 6.07 Å². The molecule has 1 N–H and O–H groups in total. The van der Waals surface area contributed by atoms with Gasteiger partial charge < -0.3 is 4.74 Å². The molecule has 0 fully saturated rings. The number of carbonyl (C=O) groups excluding carboxylic acids is 1. The summed E-state index contributed by atoms with van der Waals surface area (Å²) in [6, 6.07) is 10.2. The summed E-state index contributed by atoms with van der Waals surface area (Å²) in [6.07, 6.45) is 3.06. The highest BCUT2D eigenvalue weighted by Gasteiger charge is 2.10. The minimum Gasteiger partial charge on any atom is -0.423 e. The smallest absolute Gasteiger partial charge is 0.343 e. The van der Waals surface area contributed by atoms with Crippen LogP contribution < -0.4 is 4.74 Å². The highest BCUT2D eigenvalue weighted by Crippen LogP contribution is 2.20. The van der Waals surface area contributed by atoms with E-state index in [1.165, 1.54) is 12.4 Å². The summed E-state index contributed by atoms with van der Waals surface area (Å²) in [7, 11) is 0. The van der Waals surface area contributed by atoms with Crippen LogP contribution >= 0.6 is 0 Å². The number of hydrogen-bond donors (Lipinski definition) is 1. The largest absolute Gasteiger partial charge is 0.423 e. The van der Waals surface area contributed by atoms with Gasteiger partial charge in [-0.3, -0.25) is 4.98 Å². The van der Waals surface area contributed by atoms with Crippen LogP contribution in [0.25, 0.3) is 0 Å². The molecule has 0 bridgehead atoms. The first-order chi connectivity index (χ1) is 8.81. The molecule has 1 aromatic heterocycles. The molecule has 0 saturated carbocycles. The van der Waals surface area contributed by atoms with Crippen LogP contribution in [0.1, 0.15) is 15.9 Å². The van der Waals surface area contributed by atoms with Crippen LogP contribution in [0.2, 0.25) is 0 Å². The Balaban J connectivity index is 2.19. The van der Waals surface area contributed by atoms with Gasteiger partial charge in [-0.25, -0.2) is 10.3 Å². The number of ether oxygens (including phenoxy) is 1. The Hall–Kier alpha value is -2.56. The van der Waals surface area contributed by atoms with E-state index in [2.05, 4.69) is 10.1 Å². The molecule has 0 aliphatic rings. The van der Waals surface area contributed by atoms with Crippen LogP contribution in [-0.2, 0) is 6.54 Å². The summed E-state index contributed by atoms with van der Waals surface area (Å²) in [6.45, 7) is 0.194. The second kappa shape index (κ2) is 5.67. The van der Waals surface area contributed by atoms with E-state index in [0.717, 1.165) is 0 Å². The van der Waals surface area contributed by atoms with Gasteiger partial charge in [0.2, 0.25) is 0 Å². The van der Waals surface area contributed by atoms with Gasteiger partial charge in [-0.05, 0) is 18.2 Å². The minimum atomic E-state index is -0.449. The fourth-order valence-electron chi connectivity index (χ4n) is 1.47. The third-order valence-electron chi connectivity index (χ3n) is 2.34. The van der Waals surface area contributed by atoms with E-state index in [0.29, 0.717) is 16.9 Å². The van der Waals surface area contributed by atoms with E-state index in [4.69, 9.17) is 10.3 Å². The third-order valence-corrected chi connectivity index (χ3v) is 2.34. The van der Waals surface area contributed by atoms with Crippen molar-refractivity contribution >= 4 is 5.97 Å². The summed E-state index contributed by atoms with van der Waals surface area (Å²) < 4.78 is 5.27. The normalized spacial score (nSPS) is 9.78. The number of rotatable bonds is 4. The van der Waals surface area contributed by atoms with Gasteiger partial charge in [0.25, 0.3) is 0 Å². The summed E-state index contributed by atoms with van der Waals surface area (Å²) in [5, 5.41) is 3.30. The Labute approximate surface area is 104 Å². The molecule has 0 aliphatic carbocycles. The Bertz CT molecular complexity index is 555. The van der Waals surface area contributed by atoms with Crippen molar-refractivity contribution in [2.24, 2.45) is 5.11 Å². The average Bonchev–Trinajstić information content (AvgIpc) is 2.42. The maximum atomic E-state index is 11.8. The molecule has 0 atom stereocenters. The van der Waals surface area contributed by atoms with Gasteiger partial charge in [0.15, 0.2) is 0 Å². The number of aromatic nitrogens is 1. The highest BCUT2D eigenvalue weighted by atomic mass is 16.5. The summed E-state index contributed by atoms with van der Waals surface area (Å²) >= 11 is 0. The van der Waals surface area contributed by atoms with Crippen molar-refractivity contribution in [2.75, 3.05) is 0 Å². The molecule has 2 aromatic rings.